The topological polar surface area (TPSA) is 64.3 Å². The van der Waals surface area contributed by atoms with Crippen molar-refractivity contribution >= 4 is 23.2 Å². The number of pyridine rings is 1. The Balaban J connectivity index is 1.78. The quantitative estimate of drug-likeness (QED) is 0.624. The number of halogens is 1. The number of benzene rings is 1. The van der Waals surface area contributed by atoms with Crippen molar-refractivity contribution in [1.29, 1.82) is 0 Å². The lowest BCUT2D eigenvalue weighted by Crippen LogP contribution is -2.42. The Morgan fingerprint density at radius 2 is 1.94 bits per heavy atom. The van der Waals surface area contributed by atoms with Crippen molar-refractivity contribution in [3.05, 3.63) is 96.7 Å². The number of nitrogens with zero attached hydrogens (tertiary/aromatic N) is 3. The molecule has 1 aliphatic carbocycles. The summed E-state index contributed by atoms with van der Waals surface area (Å²) in [6.45, 7) is 4.10. The smallest absolute Gasteiger partial charge is 0.271 e. The standard InChI is InChI=1S/C24H20FN3O2S/c1-24(2)11-17-20(18(29)12-24)21(15-5-7-16(25)8-6-15)28-22(30)19(31-23(28)27-17)10-14-4-3-9-26-13-14/h3-10,13,21H,11-12H2,1-2H3. The molecule has 1 unspecified atom stereocenters. The van der Waals surface area contributed by atoms with Gasteiger partial charge in [-0.25, -0.2) is 9.38 Å². The van der Waals surface area contributed by atoms with E-state index in [9.17, 15) is 14.0 Å². The number of fused-ring (bicyclic) bond motifs is 1. The van der Waals surface area contributed by atoms with Gasteiger partial charge < -0.3 is 0 Å². The van der Waals surface area contributed by atoms with Crippen LogP contribution in [0.25, 0.3) is 6.08 Å². The van der Waals surface area contributed by atoms with E-state index in [1.165, 1.54) is 23.5 Å². The van der Waals surface area contributed by atoms with Crippen LogP contribution in [0.4, 0.5) is 4.39 Å². The van der Waals surface area contributed by atoms with E-state index < -0.39 is 6.04 Å². The highest BCUT2D eigenvalue weighted by Crippen LogP contribution is 2.43. The summed E-state index contributed by atoms with van der Waals surface area (Å²) in [4.78, 5) is 36.0. The van der Waals surface area contributed by atoms with Crippen LogP contribution in [0, 0.1) is 11.2 Å². The highest BCUT2D eigenvalue weighted by Gasteiger charge is 2.40. The van der Waals surface area contributed by atoms with Crippen LogP contribution < -0.4 is 14.9 Å². The maximum Gasteiger partial charge on any atom is 0.271 e. The first kappa shape index (κ1) is 19.8. The summed E-state index contributed by atoms with van der Waals surface area (Å²) in [5, 5.41) is 0. The maximum atomic E-state index is 13.6. The molecule has 1 atom stereocenters. The van der Waals surface area contributed by atoms with Gasteiger partial charge in [-0.15, -0.1) is 0 Å². The van der Waals surface area contributed by atoms with E-state index in [0.29, 0.717) is 33.3 Å². The third kappa shape index (κ3) is 3.49. The van der Waals surface area contributed by atoms with E-state index >= 15 is 0 Å². The molecule has 1 aliphatic heterocycles. The Hall–Kier alpha value is -3.19. The van der Waals surface area contributed by atoms with Crippen molar-refractivity contribution in [1.82, 2.24) is 9.55 Å². The zero-order valence-electron chi connectivity index (χ0n) is 17.1. The fraction of sp³-hybridized carbons (Fsp3) is 0.250. The molecular formula is C24H20FN3O2S. The second-order valence-corrected chi connectivity index (χ2v) is 9.73. The number of hydrogen-bond acceptors (Lipinski definition) is 5. The summed E-state index contributed by atoms with van der Waals surface area (Å²) in [5.41, 5.74) is 2.37. The molecule has 3 aromatic rings. The fourth-order valence-electron chi connectivity index (χ4n) is 4.32. The predicted molar refractivity (Wildman–Crippen MR) is 117 cm³/mol. The number of Topliss-reactive ketones (excluding diaryl/α,β-unsaturated/α-hetero) is 1. The minimum Gasteiger partial charge on any atom is -0.294 e. The molecule has 2 aliphatic rings. The van der Waals surface area contributed by atoms with E-state index in [0.717, 1.165) is 11.3 Å². The second kappa shape index (κ2) is 7.20. The molecule has 0 amide bonds. The molecule has 0 N–H and O–H groups in total. The normalized spacial score (nSPS) is 20.3. The molecule has 0 saturated heterocycles. The van der Waals surface area contributed by atoms with Crippen LogP contribution in [0.2, 0.25) is 0 Å². The highest BCUT2D eigenvalue weighted by molar-refractivity contribution is 7.07. The summed E-state index contributed by atoms with van der Waals surface area (Å²) >= 11 is 1.30. The molecule has 0 fully saturated rings. The average molecular weight is 434 g/mol. The Bertz CT molecular complexity index is 1400. The molecule has 3 heterocycles. The number of carbonyl (C=O) groups is 1. The number of hydrogen-bond donors (Lipinski definition) is 0. The van der Waals surface area contributed by atoms with Gasteiger partial charge in [-0.2, -0.15) is 0 Å². The zero-order chi connectivity index (χ0) is 21.8. The van der Waals surface area contributed by atoms with E-state index in [-0.39, 0.29) is 22.6 Å². The monoisotopic (exact) mass is 433 g/mol. The lowest BCUT2D eigenvalue weighted by atomic mass is 9.73. The van der Waals surface area contributed by atoms with Crippen LogP contribution in [0.3, 0.4) is 0 Å². The lowest BCUT2D eigenvalue weighted by Gasteiger charge is -2.35. The molecule has 0 radical (unpaired) electrons. The van der Waals surface area contributed by atoms with Gasteiger partial charge in [-0.05, 0) is 47.2 Å². The molecule has 5 rings (SSSR count). The van der Waals surface area contributed by atoms with Crippen LogP contribution >= 0.6 is 11.3 Å². The first-order valence-corrected chi connectivity index (χ1v) is 10.9. The van der Waals surface area contributed by atoms with E-state index in [1.54, 1.807) is 35.2 Å². The minimum absolute atomic E-state index is 0.00846. The van der Waals surface area contributed by atoms with Gasteiger partial charge >= 0.3 is 0 Å². The van der Waals surface area contributed by atoms with Gasteiger partial charge in [0.1, 0.15) is 5.82 Å². The zero-order valence-corrected chi connectivity index (χ0v) is 17.9. The maximum absolute atomic E-state index is 13.6. The van der Waals surface area contributed by atoms with Gasteiger partial charge in [-0.1, -0.05) is 43.4 Å². The van der Waals surface area contributed by atoms with E-state index in [2.05, 4.69) is 18.8 Å². The van der Waals surface area contributed by atoms with Gasteiger partial charge in [0.2, 0.25) is 0 Å². The Labute approximate surface area is 181 Å². The van der Waals surface area contributed by atoms with Crippen LogP contribution in [0.1, 0.15) is 43.9 Å². The lowest BCUT2D eigenvalue weighted by molar-refractivity contribution is -0.118. The number of carbonyl (C=O) groups excluding carboxylic acids is 1. The van der Waals surface area contributed by atoms with Crippen molar-refractivity contribution in [3.8, 4) is 0 Å². The van der Waals surface area contributed by atoms with Crippen LogP contribution in [0.5, 0.6) is 0 Å². The molecule has 31 heavy (non-hydrogen) atoms. The largest absolute Gasteiger partial charge is 0.294 e. The average Bonchev–Trinajstić information content (AvgIpc) is 3.02. The van der Waals surface area contributed by atoms with Crippen molar-refractivity contribution < 1.29 is 9.18 Å². The Morgan fingerprint density at radius 1 is 1.16 bits per heavy atom. The summed E-state index contributed by atoms with van der Waals surface area (Å²) in [5.74, 6) is -0.371. The molecule has 156 valence electrons. The Morgan fingerprint density at radius 3 is 2.65 bits per heavy atom. The van der Waals surface area contributed by atoms with Gasteiger partial charge in [0.15, 0.2) is 10.6 Å². The highest BCUT2D eigenvalue weighted by atomic mass is 32.1. The first-order chi connectivity index (χ1) is 14.8. The summed E-state index contributed by atoms with van der Waals surface area (Å²) in [7, 11) is 0. The number of allylic oxidation sites excluding steroid dienone is 2. The van der Waals surface area contributed by atoms with Crippen molar-refractivity contribution in [2.24, 2.45) is 10.4 Å². The number of rotatable bonds is 2. The molecule has 5 nitrogen and oxygen atoms in total. The van der Waals surface area contributed by atoms with E-state index in [4.69, 9.17) is 4.99 Å². The number of aromatic nitrogens is 2. The number of thiazole rings is 1. The van der Waals surface area contributed by atoms with Gasteiger partial charge in [-0.3, -0.25) is 19.1 Å². The Kier molecular flexibility index (Phi) is 4.59. The summed E-state index contributed by atoms with van der Waals surface area (Å²) in [6, 6.07) is 9.08. The van der Waals surface area contributed by atoms with Crippen molar-refractivity contribution in [2.75, 3.05) is 0 Å². The SMILES string of the molecule is CC1(C)CC(=O)C2=C(C1)N=c1sc(=Cc3cccnc3)c(=O)n1C2c1ccc(F)cc1. The van der Waals surface area contributed by atoms with E-state index in [1.807, 2.05) is 12.1 Å². The first-order valence-electron chi connectivity index (χ1n) is 10.1. The molecule has 1 aromatic carbocycles. The van der Waals surface area contributed by atoms with Gasteiger partial charge in [0.05, 0.1) is 16.3 Å². The molecule has 2 aromatic heterocycles. The molecule has 0 saturated carbocycles. The molecule has 7 heteroatoms. The van der Waals surface area contributed by atoms with Crippen LogP contribution in [0.15, 0.2) is 69.8 Å². The van der Waals surface area contributed by atoms with Gasteiger partial charge in [0, 0.05) is 24.4 Å². The fourth-order valence-corrected chi connectivity index (χ4v) is 5.34. The second-order valence-electron chi connectivity index (χ2n) is 8.72. The summed E-state index contributed by atoms with van der Waals surface area (Å²) in [6.07, 6.45) is 6.19. The third-order valence-corrected chi connectivity index (χ3v) is 6.65. The van der Waals surface area contributed by atoms with Crippen LogP contribution in [-0.4, -0.2) is 15.3 Å². The third-order valence-electron chi connectivity index (χ3n) is 5.66. The van der Waals surface area contributed by atoms with Gasteiger partial charge in [0.25, 0.3) is 5.56 Å². The molecule has 0 spiro atoms. The molecule has 0 bridgehead atoms. The van der Waals surface area contributed by atoms with Crippen LogP contribution in [-0.2, 0) is 4.79 Å². The summed E-state index contributed by atoms with van der Waals surface area (Å²) < 4.78 is 15.7. The van der Waals surface area contributed by atoms with Crippen molar-refractivity contribution in [3.63, 3.8) is 0 Å². The predicted octanol–water partition coefficient (Wildman–Crippen LogP) is 3.14. The number of ketones is 1. The van der Waals surface area contributed by atoms with Crippen molar-refractivity contribution in [2.45, 2.75) is 32.7 Å². The minimum atomic E-state index is -0.605. The molecular weight excluding hydrogens is 413 g/mol.